The Morgan fingerprint density at radius 2 is 1.96 bits per heavy atom. The van der Waals surface area contributed by atoms with E-state index in [0.717, 1.165) is 41.6 Å². The predicted octanol–water partition coefficient (Wildman–Crippen LogP) is 4.03. The first-order valence-electron chi connectivity index (χ1n) is 8.19. The number of tetrazole rings is 1. The molecule has 0 saturated heterocycles. The van der Waals surface area contributed by atoms with Gasteiger partial charge in [-0.3, -0.25) is 0 Å². The molecule has 122 valence electrons. The van der Waals surface area contributed by atoms with Crippen LogP contribution in [-0.2, 0) is 0 Å². The van der Waals surface area contributed by atoms with Crippen molar-refractivity contribution in [3.8, 4) is 5.69 Å². The van der Waals surface area contributed by atoms with Crippen molar-refractivity contribution in [3.05, 3.63) is 64.7 Å². The zero-order chi connectivity index (χ0) is 16.5. The van der Waals surface area contributed by atoms with E-state index in [4.69, 9.17) is 11.6 Å². The smallest absolute Gasteiger partial charge is 0.251 e. The third-order valence-corrected chi connectivity index (χ3v) is 4.64. The number of anilines is 1. The first-order chi connectivity index (χ1) is 11.8. The Bertz CT molecular complexity index is 846. The molecule has 0 N–H and O–H groups in total. The summed E-state index contributed by atoms with van der Waals surface area (Å²) >= 11 is 6.30. The average molecular weight is 340 g/mol. The fourth-order valence-corrected chi connectivity index (χ4v) is 3.47. The molecule has 4 rings (SSSR count). The number of halogens is 1. The lowest BCUT2D eigenvalue weighted by Crippen LogP contribution is -2.37. The molecule has 24 heavy (non-hydrogen) atoms. The van der Waals surface area contributed by atoms with Crippen molar-refractivity contribution in [2.24, 2.45) is 0 Å². The van der Waals surface area contributed by atoms with Crippen molar-refractivity contribution in [2.75, 3.05) is 11.4 Å². The maximum Gasteiger partial charge on any atom is 0.251 e. The summed E-state index contributed by atoms with van der Waals surface area (Å²) in [6.45, 7) is 3.08. The van der Waals surface area contributed by atoms with Crippen LogP contribution in [0.15, 0.2) is 48.5 Å². The van der Waals surface area contributed by atoms with Crippen LogP contribution in [-0.4, -0.2) is 26.8 Å². The molecule has 0 saturated carbocycles. The molecule has 1 aromatic heterocycles. The van der Waals surface area contributed by atoms with Gasteiger partial charge in [-0.15, -0.1) is 0 Å². The molecule has 0 radical (unpaired) electrons. The molecule has 0 aliphatic carbocycles. The van der Waals surface area contributed by atoms with Gasteiger partial charge in [0.25, 0.3) is 5.95 Å². The zero-order valence-electron chi connectivity index (χ0n) is 13.4. The number of hydrogen-bond donors (Lipinski definition) is 0. The molecular weight excluding hydrogens is 322 g/mol. The van der Waals surface area contributed by atoms with Crippen molar-refractivity contribution >= 4 is 17.5 Å². The summed E-state index contributed by atoms with van der Waals surface area (Å²) in [4.78, 5) is 2.28. The number of unbranched alkanes of at least 4 members (excludes halogenated alkanes) is 1. The fraction of sp³-hybridized carbons (Fsp3) is 0.278. The molecule has 0 amide bonds. The third-order valence-electron chi connectivity index (χ3n) is 4.40. The molecule has 1 aliphatic rings. The molecule has 1 aliphatic heterocycles. The summed E-state index contributed by atoms with van der Waals surface area (Å²) < 4.78 is 1.81. The highest BCUT2D eigenvalue weighted by atomic mass is 35.5. The minimum atomic E-state index is 0.0601. The summed E-state index contributed by atoms with van der Waals surface area (Å²) in [5, 5.41) is 13.1. The maximum atomic E-state index is 6.30. The lowest BCUT2D eigenvalue weighted by atomic mass is 9.94. The van der Waals surface area contributed by atoms with Crippen LogP contribution < -0.4 is 4.90 Å². The Balaban J connectivity index is 1.93. The lowest BCUT2D eigenvalue weighted by molar-refractivity contribution is 0.606. The van der Waals surface area contributed by atoms with Crippen LogP contribution in [0.5, 0.6) is 0 Å². The van der Waals surface area contributed by atoms with Crippen molar-refractivity contribution in [1.82, 2.24) is 20.2 Å². The van der Waals surface area contributed by atoms with Crippen molar-refractivity contribution in [3.63, 3.8) is 0 Å². The molecule has 1 unspecified atom stereocenters. The van der Waals surface area contributed by atoms with Gasteiger partial charge in [0, 0.05) is 17.1 Å². The Kier molecular flexibility index (Phi) is 3.94. The van der Waals surface area contributed by atoms with Gasteiger partial charge >= 0.3 is 0 Å². The monoisotopic (exact) mass is 339 g/mol. The summed E-state index contributed by atoms with van der Waals surface area (Å²) in [6, 6.07) is 16.4. The highest BCUT2D eigenvalue weighted by molar-refractivity contribution is 6.30. The number of benzene rings is 2. The van der Waals surface area contributed by atoms with Crippen LogP contribution in [0.4, 0.5) is 5.95 Å². The van der Waals surface area contributed by atoms with E-state index in [9.17, 15) is 0 Å². The summed E-state index contributed by atoms with van der Waals surface area (Å²) in [5.41, 5.74) is 3.33. The van der Waals surface area contributed by atoms with E-state index in [-0.39, 0.29) is 6.04 Å². The number of hydrogen-bond acceptors (Lipinski definition) is 4. The lowest BCUT2D eigenvalue weighted by Gasteiger charge is -2.37. The molecule has 5 nitrogen and oxygen atoms in total. The van der Waals surface area contributed by atoms with Crippen LogP contribution in [0.1, 0.15) is 36.9 Å². The molecule has 2 heterocycles. The second-order valence-electron chi connectivity index (χ2n) is 5.95. The van der Waals surface area contributed by atoms with Crippen molar-refractivity contribution in [2.45, 2.75) is 25.8 Å². The quantitative estimate of drug-likeness (QED) is 0.720. The molecule has 6 heteroatoms. The second kappa shape index (κ2) is 6.24. The Labute approximate surface area is 145 Å². The molecule has 1 atom stereocenters. The number of aromatic nitrogens is 4. The van der Waals surface area contributed by atoms with Gasteiger partial charge in [0.2, 0.25) is 0 Å². The first-order valence-corrected chi connectivity index (χ1v) is 8.57. The van der Waals surface area contributed by atoms with Crippen LogP contribution in [0.2, 0.25) is 5.02 Å². The van der Waals surface area contributed by atoms with E-state index in [2.05, 4.69) is 51.6 Å². The average Bonchev–Trinajstić information content (AvgIpc) is 3.09. The predicted molar refractivity (Wildman–Crippen MR) is 94.7 cm³/mol. The molecule has 2 aromatic carbocycles. The molecule has 3 aromatic rings. The fourth-order valence-electron chi connectivity index (χ4n) is 3.29. The minimum Gasteiger partial charge on any atom is -0.328 e. The summed E-state index contributed by atoms with van der Waals surface area (Å²) in [5.74, 6) is 0.784. The highest BCUT2D eigenvalue weighted by Crippen LogP contribution is 2.41. The molecule has 0 fully saturated rings. The largest absolute Gasteiger partial charge is 0.328 e. The van der Waals surface area contributed by atoms with Gasteiger partial charge in [-0.1, -0.05) is 60.4 Å². The van der Waals surface area contributed by atoms with E-state index in [0.29, 0.717) is 0 Å². The number of rotatable bonds is 4. The Morgan fingerprint density at radius 3 is 2.75 bits per heavy atom. The van der Waals surface area contributed by atoms with E-state index in [1.807, 2.05) is 24.3 Å². The van der Waals surface area contributed by atoms with Gasteiger partial charge in [-0.25, -0.2) is 0 Å². The topological polar surface area (TPSA) is 46.8 Å². The molecular formula is C18H18ClN5. The molecule has 0 bridgehead atoms. The van der Waals surface area contributed by atoms with Crippen LogP contribution in [0, 0.1) is 0 Å². The van der Waals surface area contributed by atoms with Crippen LogP contribution in [0.25, 0.3) is 5.69 Å². The summed E-state index contributed by atoms with van der Waals surface area (Å²) in [7, 11) is 0. The standard InChI is InChI=1S/C18H18ClN5/c1-2-3-11-23-17(13-7-5-4-6-8-13)15-12-14(19)9-10-16(15)24-18(23)20-21-22-24/h4-10,12,17H,2-3,11H2,1H3. The van der Waals surface area contributed by atoms with Crippen molar-refractivity contribution < 1.29 is 0 Å². The number of nitrogens with zero attached hydrogens (tertiary/aromatic N) is 5. The maximum absolute atomic E-state index is 6.30. The van der Waals surface area contributed by atoms with Gasteiger partial charge in [-0.2, -0.15) is 4.68 Å². The van der Waals surface area contributed by atoms with Gasteiger partial charge in [0.1, 0.15) is 0 Å². The highest BCUT2D eigenvalue weighted by Gasteiger charge is 2.34. The van der Waals surface area contributed by atoms with E-state index in [1.54, 1.807) is 4.68 Å². The van der Waals surface area contributed by atoms with Crippen molar-refractivity contribution in [1.29, 1.82) is 0 Å². The van der Waals surface area contributed by atoms with Crippen LogP contribution >= 0.6 is 11.6 Å². The zero-order valence-corrected chi connectivity index (χ0v) is 14.2. The van der Waals surface area contributed by atoms with Gasteiger partial charge < -0.3 is 4.90 Å². The van der Waals surface area contributed by atoms with Gasteiger partial charge in [0.05, 0.1) is 11.7 Å². The normalized spacial score (nSPS) is 15.9. The Morgan fingerprint density at radius 1 is 1.12 bits per heavy atom. The minimum absolute atomic E-state index is 0.0601. The molecule has 0 spiro atoms. The van der Waals surface area contributed by atoms with E-state index in [1.165, 1.54) is 5.56 Å². The van der Waals surface area contributed by atoms with Gasteiger partial charge in [0.15, 0.2) is 0 Å². The first kappa shape index (κ1) is 15.1. The Hall–Kier alpha value is -2.40. The third kappa shape index (κ3) is 2.45. The summed E-state index contributed by atoms with van der Waals surface area (Å²) in [6.07, 6.45) is 2.19. The van der Waals surface area contributed by atoms with E-state index < -0.39 is 0 Å². The van der Waals surface area contributed by atoms with E-state index >= 15 is 0 Å². The number of fused-ring (bicyclic) bond motifs is 3. The van der Waals surface area contributed by atoms with Gasteiger partial charge in [-0.05, 0) is 40.6 Å². The second-order valence-corrected chi connectivity index (χ2v) is 6.39. The van der Waals surface area contributed by atoms with Crippen LogP contribution in [0.3, 0.4) is 0 Å². The SMILES string of the molecule is CCCCN1c2nnnn2-c2ccc(Cl)cc2C1c1ccccc1.